The van der Waals surface area contributed by atoms with E-state index in [-0.39, 0.29) is 5.41 Å². The van der Waals surface area contributed by atoms with Gasteiger partial charge in [0.2, 0.25) is 0 Å². The Morgan fingerprint density at radius 2 is 1.93 bits per heavy atom. The molecule has 0 amide bonds. The van der Waals surface area contributed by atoms with Crippen LogP contribution in [0.25, 0.3) is 0 Å². The van der Waals surface area contributed by atoms with Gasteiger partial charge in [-0.05, 0) is 20.8 Å². The first-order valence-corrected chi connectivity index (χ1v) is 6.16. The van der Waals surface area contributed by atoms with Crippen LogP contribution >= 0.6 is 15.9 Å². The van der Waals surface area contributed by atoms with Crippen molar-refractivity contribution < 1.29 is 0 Å². The summed E-state index contributed by atoms with van der Waals surface area (Å²) in [7, 11) is 0. The molecule has 0 radical (unpaired) electrons. The third-order valence-corrected chi connectivity index (χ3v) is 4.09. The van der Waals surface area contributed by atoms with E-state index >= 15 is 0 Å². The molecule has 0 N–H and O–H groups in total. The Morgan fingerprint density at radius 3 is 2.29 bits per heavy atom. The second-order valence-corrected chi connectivity index (χ2v) is 4.94. The van der Waals surface area contributed by atoms with E-state index in [1.54, 1.807) is 0 Å². The van der Waals surface area contributed by atoms with Gasteiger partial charge in [0, 0.05) is 28.5 Å². The number of rotatable bonds is 3. The predicted molar refractivity (Wildman–Crippen MR) is 64.2 cm³/mol. The van der Waals surface area contributed by atoms with Crippen molar-refractivity contribution in [1.82, 2.24) is 9.78 Å². The van der Waals surface area contributed by atoms with Gasteiger partial charge in [-0.1, -0.05) is 29.8 Å². The molecule has 14 heavy (non-hydrogen) atoms. The molecule has 1 aromatic rings. The van der Waals surface area contributed by atoms with Gasteiger partial charge in [0.15, 0.2) is 0 Å². The van der Waals surface area contributed by atoms with Crippen LogP contribution in [0.1, 0.15) is 37.7 Å². The zero-order chi connectivity index (χ0) is 10.9. The largest absolute Gasteiger partial charge is 0.270 e. The van der Waals surface area contributed by atoms with Crippen LogP contribution in [0.3, 0.4) is 0 Å². The van der Waals surface area contributed by atoms with Crippen LogP contribution in [0.4, 0.5) is 0 Å². The van der Waals surface area contributed by atoms with Gasteiger partial charge in [-0.25, -0.2) is 0 Å². The molecule has 0 aliphatic heterocycles. The molecule has 3 heteroatoms. The van der Waals surface area contributed by atoms with Gasteiger partial charge >= 0.3 is 0 Å². The lowest BCUT2D eigenvalue weighted by molar-refractivity contribution is 0.589. The Balaban J connectivity index is 3.27. The van der Waals surface area contributed by atoms with Gasteiger partial charge in [0.05, 0.1) is 5.69 Å². The van der Waals surface area contributed by atoms with Gasteiger partial charge < -0.3 is 0 Å². The number of halogens is 1. The maximum absolute atomic E-state index is 4.54. The first-order valence-electron chi connectivity index (χ1n) is 5.04. The Labute approximate surface area is 94.8 Å². The fraction of sp³-hybridized carbons (Fsp3) is 0.727. The van der Waals surface area contributed by atoms with Crippen molar-refractivity contribution in [3.05, 3.63) is 17.0 Å². The summed E-state index contributed by atoms with van der Waals surface area (Å²) >= 11 is 3.57. The fourth-order valence-corrected chi connectivity index (χ4v) is 2.33. The van der Waals surface area contributed by atoms with Gasteiger partial charge in [-0.15, -0.1) is 0 Å². The SMILES string of the molecule is CCn1nc(C)c(C(C)(C)CBr)c1C. The van der Waals surface area contributed by atoms with Crippen LogP contribution < -0.4 is 0 Å². The summed E-state index contributed by atoms with van der Waals surface area (Å²) in [6.07, 6.45) is 0. The fourth-order valence-electron chi connectivity index (χ4n) is 2.05. The van der Waals surface area contributed by atoms with Crippen LogP contribution in [-0.2, 0) is 12.0 Å². The summed E-state index contributed by atoms with van der Waals surface area (Å²) in [5.74, 6) is 0. The van der Waals surface area contributed by atoms with Crippen molar-refractivity contribution in [3.63, 3.8) is 0 Å². The van der Waals surface area contributed by atoms with E-state index in [4.69, 9.17) is 0 Å². The molecule has 1 rings (SSSR count). The molecule has 0 spiro atoms. The molecule has 0 aliphatic rings. The summed E-state index contributed by atoms with van der Waals surface area (Å²) in [5.41, 5.74) is 4.01. The normalized spacial score (nSPS) is 12.1. The summed E-state index contributed by atoms with van der Waals surface area (Å²) in [6.45, 7) is 11.8. The molecule has 0 aliphatic carbocycles. The van der Waals surface area contributed by atoms with E-state index in [2.05, 4.69) is 60.3 Å². The average molecular weight is 259 g/mol. The summed E-state index contributed by atoms with van der Waals surface area (Å²) in [5, 5.41) is 5.51. The highest BCUT2D eigenvalue weighted by atomic mass is 79.9. The number of hydrogen-bond acceptors (Lipinski definition) is 1. The van der Waals surface area contributed by atoms with Crippen molar-refractivity contribution in [3.8, 4) is 0 Å². The predicted octanol–water partition coefficient (Wildman–Crippen LogP) is 3.19. The lowest BCUT2D eigenvalue weighted by Gasteiger charge is -2.22. The minimum atomic E-state index is 0.168. The van der Waals surface area contributed by atoms with Gasteiger partial charge in [0.25, 0.3) is 0 Å². The average Bonchev–Trinajstić information content (AvgIpc) is 2.41. The van der Waals surface area contributed by atoms with Crippen molar-refractivity contribution >= 4 is 15.9 Å². The molecule has 80 valence electrons. The number of aromatic nitrogens is 2. The Kier molecular flexibility index (Phi) is 3.40. The molecular weight excluding hydrogens is 240 g/mol. The maximum atomic E-state index is 4.54. The van der Waals surface area contributed by atoms with Gasteiger partial charge in [0.1, 0.15) is 0 Å². The van der Waals surface area contributed by atoms with E-state index < -0.39 is 0 Å². The molecular formula is C11H19BrN2. The highest BCUT2D eigenvalue weighted by Gasteiger charge is 2.26. The summed E-state index contributed by atoms with van der Waals surface area (Å²) < 4.78 is 2.08. The summed E-state index contributed by atoms with van der Waals surface area (Å²) in [4.78, 5) is 0. The minimum absolute atomic E-state index is 0.168. The molecule has 0 atom stereocenters. The summed E-state index contributed by atoms with van der Waals surface area (Å²) in [6, 6.07) is 0. The molecule has 0 aromatic carbocycles. The topological polar surface area (TPSA) is 17.8 Å². The minimum Gasteiger partial charge on any atom is -0.270 e. The quantitative estimate of drug-likeness (QED) is 0.762. The lowest BCUT2D eigenvalue weighted by atomic mass is 9.85. The molecule has 0 fully saturated rings. The standard InChI is InChI=1S/C11H19BrN2/c1-6-14-9(3)10(8(2)13-14)11(4,5)7-12/h6-7H2,1-5H3. The van der Waals surface area contributed by atoms with E-state index in [9.17, 15) is 0 Å². The first-order chi connectivity index (χ1) is 6.44. The Morgan fingerprint density at radius 1 is 1.36 bits per heavy atom. The van der Waals surface area contributed by atoms with Crippen LogP contribution in [0, 0.1) is 13.8 Å². The van der Waals surface area contributed by atoms with Crippen molar-refractivity contribution in [2.24, 2.45) is 0 Å². The highest BCUT2D eigenvalue weighted by Crippen LogP contribution is 2.30. The Hall–Kier alpha value is -0.310. The lowest BCUT2D eigenvalue weighted by Crippen LogP contribution is -2.20. The molecule has 0 bridgehead atoms. The third kappa shape index (κ3) is 1.88. The van der Waals surface area contributed by atoms with Crippen molar-refractivity contribution in [2.75, 3.05) is 5.33 Å². The van der Waals surface area contributed by atoms with Crippen LogP contribution in [0.15, 0.2) is 0 Å². The second kappa shape index (κ2) is 4.05. The van der Waals surface area contributed by atoms with E-state index in [0.717, 1.165) is 17.6 Å². The molecule has 0 unspecified atom stereocenters. The zero-order valence-corrected chi connectivity index (χ0v) is 11.3. The van der Waals surface area contributed by atoms with E-state index in [1.165, 1.54) is 11.3 Å². The van der Waals surface area contributed by atoms with Crippen molar-refractivity contribution in [1.29, 1.82) is 0 Å². The molecule has 1 aromatic heterocycles. The monoisotopic (exact) mass is 258 g/mol. The number of alkyl halides is 1. The molecule has 1 heterocycles. The second-order valence-electron chi connectivity index (χ2n) is 4.38. The van der Waals surface area contributed by atoms with Crippen LogP contribution in [-0.4, -0.2) is 15.1 Å². The Bertz CT molecular complexity index is 326. The zero-order valence-electron chi connectivity index (χ0n) is 9.69. The first kappa shape index (κ1) is 11.8. The number of aryl methyl sites for hydroxylation is 2. The highest BCUT2D eigenvalue weighted by molar-refractivity contribution is 9.09. The van der Waals surface area contributed by atoms with E-state index in [0.29, 0.717) is 0 Å². The molecule has 0 saturated carbocycles. The van der Waals surface area contributed by atoms with E-state index in [1.807, 2.05) is 0 Å². The maximum Gasteiger partial charge on any atom is 0.0634 e. The third-order valence-electron chi connectivity index (χ3n) is 2.69. The molecule has 2 nitrogen and oxygen atoms in total. The van der Waals surface area contributed by atoms with Crippen LogP contribution in [0.5, 0.6) is 0 Å². The van der Waals surface area contributed by atoms with Gasteiger partial charge in [-0.3, -0.25) is 4.68 Å². The van der Waals surface area contributed by atoms with Gasteiger partial charge in [-0.2, -0.15) is 5.10 Å². The van der Waals surface area contributed by atoms with Crippen LogP contribution in [0.2, 0.25) is 0 Å². The van der Waals surface area contributed by atoms with Crippen molar-refractivity contribution in [2.45, 2.75) is 46.6 Å². The number of hydrogen-bond donors (Lipinski definition) is 0. The number of nitrogens with zero attached hydrogens (tertiary/aromatic N) is 2. The smallest absolute Gasteiger partial charge is 0.0634 e. The molecule has 0 saturated heterocycles.